The molecule has 7 heteroatoms. The SMILES string of the molecule is O=C(c1cccc(N2CCCNCC2)n1)N1CCCC(Oc2ccc(F)cc2)C1. The van der Waals surface area contributed by atoms with Gasteiger partial charge in [0.1, 0.15) is 29.2 Å². The summed E-state index contributed by atoms with van der Waals surface area (Å²) in [6.45, 7) is 4.97. The number of carbonyl (C=O) groups excluding carboxylic acids is 1. The molecule has 4 rings (SSSR count). The first-order chi connectivity index (χ1) is 14.2. The summed E-state index contributed by atoms with van der Waals surface area (Å²) in [7, 11) is 0. The number of piperidine rings is 1. The predicted molar refractivity (Wildman–Crippen MR) is 110 cm³/mol. The molecular formula is C22H27FN4O2. The molecule has 0 radical (unpaired) electrons. The summed E-state index contributed by atoms with van der Waals surface area (Å²) in [6, 6.07) is 11.7. The molecule has 1 amide bonds. The van der Waals surface area contributed by atoms with Crippen LogP contribution in [-0.2, 0) is 0 Å². The lowest BCUT2D eigenvalue weighted by Crippen LogP contribution is -2.44. The highest BCUT2D eigenvalue weighted by atomic mass is 19.1. The number of nitrogens with one attached hydrogen (secondary N) is 1. The molecule has 1 N–H and O–H groups in total. The van der Waals surface area contributed by atoms with E-state index in [9.17, 15) is 9.18 Å². The topological polar surface area (TPSA) is 57.7 Å². The maximum Gasteiger partial charge on any atom is 0.272 e. The van der Waals surface area contributed by atoms with Crippen LogP contribution in [0, 0.1) is 5.82 Å². The van der Waals surface area contributed by atoms with E-state index in [0.29, 0.717) is 24.5 Å². The number of likely N-dealkylation sites (tertiary alicyclic amines) is 1. The Morgan fingerprint density at radius 1 is 1.07 bits per heavy atom. The van der Waals surface area contributed by atoms with Gasteiger partial charge in [-0.3, -0.25) is 4.79 Å². The molecule has 1 aromatic heterocycles. The van der Waals surface area contributed by atoms with Crippen LogP contribution in [0.15, 0.2) is 42.5 Å². The minimum Gasteiger partial charge on any atom is -0.489 e. The number of aromatic nitrogens is 1. The first-order valence-corrected chi connectivity index (χ1v) is 10.3. The quantitative estimate of drug-likeness (QED) is 0.858. The van der Waals surface area contributed by atoms with Gasteiger partial charge in [-0.1, -0.05) is 6.07 Å². The fourth-order valence-corrected chi connectivity index (χ4v) is 3.88. The maximum absolute atomic E-state index is 13.1. The molecule has 1 aromatic carbocycles. The van der Waals surface area contributed by atoms with Crippen LogP contribution >= 0.6 is 0 Å². The number of halogens is 1. The van der Waals surface area contributed by atoms with E-state index in [1.807, 2.05) is 17.0 Å². The molecule has 2 saturated heterocycles. The van der Waals surface area contributed by atoms with Crippen LogP contribution in [-0.4, -0.2) is 61.2 Å². The Hall–Kier alpha value is -2.67. The number of amides is 1. The monoisotopic (exact) mass is 398 g/mol. The van der Waals surface area contributed by atoms with Gasteiger partial charge in [0.05, 0.1) is 6.54 Å². The molecule has 2 aliphatic heterocycles. The number of nitrogens with zero attached hydrogens (tertiary/aromatic N) is 3. The molecule has 29 heavy (non-hydrogen) atoms. The van der Waals surface area contributed by atoms with Crippen LogP contribution in [0.1, 0.15) is 29.8 Å². The molecule has 2 aliphatic rings. The van der Waals surface area contributed by atoms with Crippen molar-refractivity contribution in [2.75, 3.05) is 44.2 Å². The largest absolute Gasteiger partial charge is 0.489 e. The minimum atomic E-state index is -0.288. The Labute approximate surface area is 170 Å². The molecule has 154 valence electrons. The van der Waals surface area contributed by atoms with Gasteiger partial charge in [-0.05, 0) is 62.2 Å². The van der Waals surface area contributed by atoms with Gasteiger partial charge in [-0.2, -0.15) is 0 Å². The molecule has 3 heterocycles. The number of hydrogen-bond donors (Lipinski definition) is 1. The summed E-state index contributed by atoms with van der Waals surface area (Å²) < 4.78 is 19.1. The molecule has 0 spiro atoms. The Morgan fingerprint density at radius 2 is 1.93 bits per heavy atom. The lowest BCUT2D eigenvalue weighted by Gasteiger charge is -2.33. The van der Waals surface area contributed by atoms with Crippen LogP contribution in [0.2, 0.25) is 0 Å². The zero-order valence-corrected chi connectivity index (χ0v) is 16.5. The van der Waals surface area contributed by atoms with Gasteiger partial charge in [-0.25, -0.2) is 9.37 Å². The van der Waals surface area contributed by atoms with E-state index in [-0.39, 0.29) is 17.8 Å². The summed E-state index contributed by atoms with van der Waals surface area (Å²) in [5.74, 6) is 1.13. The van der Waals surface area contributed by atoms with Crippen molar-refractivity contribution in [2.45, 2.75) is 25.4 Å². The number of pyridine rings is 1. The van der Waals surface area contributed by atoms with E-state index in [4.69, 9.17) is 4.74 Å². The lowest BCUT2D eigenvalue weighted by atomic mass is 10.1. The zero-order chi connectivity index (χ0) is 20.1. The Balaban J connectivity index is 1.41. The highest BCUT2D eigenvalue weighted by Gasteiger charge is 2.27. The third kappa shape index (κ3) is 5.03. The van der Waals surface area contributed by atoms with Crippen molar-refractivity contribution in [1.82, 2.24) is 15.2 Å². The number of ether oxygens (including phenoxy) is 1. The molecule has 2 fully saturated rings. The van der Waals surface area contributed by atoms with E-state index >= 15 is 0 Å². The summed E-state index contributed by atoms with van der Waals surface area (Å²) >= 11 is 0. The average molecular weight is 398 g/mol. The van der Waals surface area contributed by atoms with Crippen LogP contribution in [0.25, 0.3) is 0 Å². The van der Waals surface area contributed by atoms with Crippen molar-refractivity contribution >= 4 is 11.7 Å². The first-order valence-electron chi connectivity index (χ1n) is 10.3. The Kier molecular flexibility index (Phi) is 6.24. The minimum absolute atomic E-state index is 0.0628. The van der Waals surface area contributed by atoms with Crippen molar-refractivity contribution in [3.05, 3.63) is 54.0 Å². The van der Waals surface area contributed by atoms with E-state index in [1.54, 1.807) is 18.2 Å². The van der Waals surface area contributed by atoms with Crippen molar-refractivity contribution in [2.24, 2.45) is 0 Å². The van der Waals surface area contributed by atoms with Gasteiger partial charge >= 0.3 is 0 Å². The predicted octanol–water partition coefficient (Wildman–Crippen LogP) is 2.70. The van der Waals surface area contributed by atoms with Crippen molar-refractivity contribution in [3.8, 4) is 5.75 Å². The third-order valence-electron chi connectivity index (χ3n) is 5.40. The average Bonchev–Trinajstić information content (AvgIpc) is 3.05. The molecule has 0 saturated carbocycles. The summed E-state index contributed by atoms with van der Waals surface area (Å²) in [6.07, 6.45) is 2.71. The van der Waals surface area contributed by atoms with Crippen LogP contribution in [0.4, 0.5) is 10.2 Å². The summed E-state index contributed by atoms with van der Waals surface area (Å²) in [5.41, 5.74) is 0.474. The van der Waals surface area contributed by atoms with Gasteiger partial charge in [0.2, 0.25) is 0 Å². The van der Waals surface area contributed by atoms with Gasteiger partial charge in [0.15, 0.2) is 0 Å². The standard InChI is InChI=1S/C22H27FN4O2/c23-17-7-9-18(10-8-17)29-19-4-2-13-27(16-19)22(28)20-5-1-6-21(25-20)26-14-3-11-24-12-15-26/h1,5-10,19,24H,2-4,11-16H2. The number of anilines is 1. The Bertz CT molecular complexity index is 822. The summed E-state index contributed by atoms with van der Waals surface area (Å²) in [5, 5.41) is 3.38. The van der Waals surface area contributed by atoms with Crippen LogP contribution in [0.5, 0.6) is 5.75 Å². The molecule has 0 bridgehead atoms. The first kappa shape index (κ1) is 19.6. The molecular weight excluding hydrogens is 371 g/mol. The van der Waals surface area contributed by atoms with Crippen molar-refractivity contribution < 1.29 is 13.9 Å². The highest BCUT2D eigenvalue weighted by Crippen LogP contribution is 2.21. The molecule has 6 nitrogen and oxygen atoms in total. The molecule has 1 unspecified atom stereocenters. The second-order valence-electron chi connectivity index (χ2n) is 7.56. The third-order valence-corrected chi connectivity index (χ3v) is 5.40. The van der Waals surface area contributed by atoms with E-state index in [0.717, 1.165) is 51.3 Å². The second-order valence-corrected chi connectivity index (χ2v) is 7.56. The van der Waals surface area contributed by atoms with E-state index < -0.39 is 0 Å². The normalized spacial score (nSPS) is 20.2. The van der Waals surface area contributed by atoms with Crippen molar-refractivity contribution in [1.29, 1.82) is 0 Å². The van der Waals surface area contributed by atoms with Crippen LogP contribution in [0.3, 0.4) is 0 Å². The van der Waals surface area contributed by atoms with Gasteiger partial charge in [0.25, 0.3) is 5.91 Å². The fraction of sp³-hybridized carbons (Fsp3) is 0.455. The number of carbonyl (C=O) groups is 1. The second kappa shape index (κ2) is 9.22. The molecule has 2 aromatic rings. The van der Waals surface area contributed by atoms with E-state index in [2.05, 4.69) is 15.2 Å². The number of rotatable bonds is 4. The lowest BCUT2D eigenvalue weighted by molar-refractivity contribution is 0.0532. The molecule has 1 atom stereocenters. The zero-order valence-electron chi connectivity index (χ0n) is 16.5. The van der Waals surface area contributed by atoms with Crippen LogP contribution < -0.4 is 15.0 Å². The van der Waals surface area contributed by atoms with E-state index in [1.165, 1.54) is 12.1 Å². The molecule has 0 aliphatic carbocycles. The Morgan fingerprint density at radius 3 is 2.79 bits per heavy atom. The maximum atomic E-state index is 13.1. The summed E-state index contributed by atoms with van der Waals surface area (Å²) in [4.78, 5) is 21.8. The highest BCUT2D eigenvalue weighted by molar-refractivity contribution is 5.92. The van der Waals surface area contributed by atoms with Crippen molar-refractivity contribution in [3.63, 3.8) is 0 Å². The fourth-order valence-electron chi connectivity index (χ4n) is 3.88. The van der Waals surface area contributed by atoms with Gasteiger partial charge in [-0.15, -0.1) is 0 Å². The van der Waals surface area contributed by atoms with Gasteiger partial charge < -0.3 is 19.9 Å². The number of benzene rings is 1. The smallest absolute Gasteiger partial charge is 0.272 e. The van der Waals surface area contributed by atoms with Gasteiger partial charge in [0, 0.05) is 26.2 Å². The number of hydrogen-bond acceptors (Lipinski definition) is 5.